The molecule has 2 N–H and O–H groups in total. The van der Waals surface area contributed by atoms with Gasteiger partial charge in [0.25, 0.3) is 5.91 Å². The summed E-state index contributed by atoms with van der Waals surface area (Å²) in [5, 5.41) is 17.9. The molecule has 0 saturated heterocycles. The van der Waals surface area contributed by atoms with Crippen LogP contribution >= 0.6 is 0 Å². The number of carbonyl (C=O) groups is 1. The van der Waals surface area contributed by atoms with Crippen LogP contribution in [0.25, 0.3) is 0 Å². The molecule has 1 aromatic rings. The second-order valence-corrected chi connectivity index (χ2v) is 7.22. The summed E-state index contributed by atoms with van der Waals surface area (Å²) < 4.78 is 1.97. The van der Waals surface area contributed by atoms with E-state index >= 15 is 0 Å². The van der Waals surface area contributed by atoms with Crippen LogP contribution in [0.5, 0.6) is 0 Å². The van der Waals surface area contributed by atoms with Crippen molar-refractivity contribution in [3.05, 3.63) is 17.5 Å². The average molecular weight is 305 g/mol. The molecule has 0 atom stereocenters. The number of amides is 1. The molecular formula is C17H27N3O2. The lowest BCUT2D eigenvalue weighted by atomic mass is 9.85. The zero-order valence-electron chi connectivity index (χ0n) is 13.6. The summed E-state index contributed by atoms with van der Waals surface area (Å²) in [7, 11) is 0. The number of aromatic nitrogens is 2. The van der Waals surface area contributed by atoms with Crippen molar-refractivity contribution < 1.29 is 9.90 Å². The van der Waals surface area contributed by atoms with Crippen LogP contribution in [0.15, 0.2) is 6.20 Å². The van der Waals surface area contributed by atoms with E-state index in [1.54, 1.807) is 6.20 Å². The average Bonchev–Trinajstić information content (AvgIpc) is 3.23. The zero-order chi connectivity index (χ0) is 15.7. The van der Waals surface area contributed by atoms with E-state index in [1.165, 1.54) is 6.42 Å². The first-order valence-electron chi connectivity index (χ1n) is 8.58. The van der Waals surface area contributed by atoms with Crippen molar-refractivity contribution >= 4 is 5.91 Å². The van der Waals surface area contributed by atoms with Gasteiger partial charge in [0, 0.05) is 18.5 Å². The Morgan fingerprint density at radius 2 is 2.09 bits per heavy atom. The lowest BCUT2D eigenvalue weighted by Gasteiger charge is -2.32. The van der Waals surface area contributed by atoms with E-state index in [-0.39, 0.29) is 11.9 Å². The third-order valence-corrected chi connectivity index (χ3v) is 4.89. The molecule has 122 valence electrons. The van der Waals surface area contributed by atoms with Gasteiger partial charge < -0.3 is 10.4 Å². The highest BCUT2D eigenvalue weighted by Crippen LogP contribution is 2.42. The van der Waals surface area contributed by atoms with E-state index in [4.69, 9.17) is 0 Å². The molecule has 2 saturated carbocycles. The molecule has 1 heterocycles. The minimum absolute atomic E-state index is 0.0900. The van der Waals surface area contributed by atoms with E-state index in [2.05, 4.69) is 24.3 Å². The van der Waals surface area contributed by atoms with Crippen molar-refractivity contribution in [3.63, 3.8) is 0 Å². The first kappa shape index (κ1) is 15.5. The van der Waals surface area contributed by atoms with Crippen molar-refractivity contribution in [1.29, 1.82) is 0 Å². The highest BCUT2D eigenvalue weighted by molar-refractivity contribution is 5.95. The Balaban J connectivity index is 1.70. The number of aliphatic hydroxyl groups is 1. The van der Waals surface area contributed by atoms with Crippen LogP contribution in [0.4, 0.5) is 0 Å². The van der Waals surface area contributed by atoms with Crippen LogP contribution in [0, 0.1) is 0 Å². The number of hydrogen-bond donors (Lipinski definition) is 2. The Morgan fingerprint density at radius 1 is 1.41 bits per heavy atom. The van der Waals surface area contributed by atoms with Crippen molar-refractivity contribution in [2.24, 2.45) is 0 Å². The SMILES string of the molecule is CC(C)n1ncc(C(=O)NCC2(O)CCCCC2)c1C1CC1. The van der Waals surface area contributed by atoms with Crippen molar-refractivity contribution in [3.8, 4) is 0 Å². The summed E-state index contributed by atoms with van der Waals surface area (Å²) in [4.78, 5) is 12.5. The van der Waals surface area contributed by atoms with Crippen LogP contribution in [-0.4, -0.2) is 32.9 Å². The fourth-order valence-electron chi connectivity index (χ4n) is 3.45. The van der Waals surface area contributed by atoms with E-state index in [0.717, 1.165) is 44.2 Å². The first-order chi connectivity index (χ1) is 10.5. The van der Waals surface area contributed by atoms with Crippen LogP contribution in [0.3, 0.4) is 0 Å². The topological polar surface area (TPSA) is 67.2 Å². The Bertz CT molecular complexity index is 540. The molecule has 22 heavy (non-hydrogen) atoms. The number of carbonyl (C=O) groups excluding carboxylic acids is 1. The van der Waals surface area contributed by atoms with Gasteiger partial charge in [0.15, 0.2) is 0 Å². The maximum absolute atomic E-state index is 12.5. The van der Waals surface area contributed by atoms with E-state index < -0.39 is 5.60 Å². The first-order valence-corrected chi connectivity index (χ1v) is 8.58. The molecule has 1 aromatic heterocycles. The van der Waals surface area contributed by atoms with Crippen LogP contribution in [-0.2, 0) is 0 Å². The van der Waals surface area contributed by atoms with Gasteiger partial charge in [0.2, 0.25) is 0 Å². The normalized spacial score (nSPS) is 21.1. The van der Waals surface area contributed by atoms with Crippen LogP contribution < -0.4 is 5.32 Å². The molecule has 2 aliphatic rings. The summed E-state index contributed by atoms with van der Waals surface area (Å²) in [6.07, 6.45) is 8.82. The number of nitrogens with zero attached hydrogens (tertiary/aromatic N) is 2. The predicted octanol–water partition coefficient (Wildman–Crippen LogP) is 2.77. The largest absolute Gasteiger partial charge is 0.388 e. The van der Waals surface area contributed by atoms with E-state index in [9.17, 15) is 9.90 Å². The molecule has 0 spiro atoms. The summed E-state index contributed by atoms with van der Waals surface area (Å²) in [5.41, 5.74) is 1.04. The summed E-state index contributed by atoms with van der Waals surface area (Å²) in [6, 6.07) is 0.264. The minimum Gasteiger partial charge on any atom is -0.388 e. The molecule has 1 amide bonds. The maximum atomic E-state index is 12.5. The van der Waals surface area contributed by atoms with Gasteiger partial charge >= 0.3 is 0 Å². The Hall–Kier alpha value is -1.36. The van der Waals surface area contributed by atoms with Crippen molar-refractivity contribution in [2.45, 2.75) is 76.4 Å². The number of nitrogens with one attached hydrogen (secondary N) is 1. The van der Waals surface area contributed by atoms with Crippen LogP contribution in [0.1, 0.15) is 86.8 Å². The Morgan fingerprint density at radius 3 is 2.68 bits per heavy atom. The molecule has 5 nitrogen and oxygen atoms in total. The van der Waals surface area contributed by atoms with Gasteiger partial charge in [-0.05, 0) is 39.5 Å². The monoisotopic (exact) mass is 305 g/mol. The molecule has 5 heteroatoms. The maximum Gasteiger partial charge on any atom is 0.254 e. The van der Waals surface area contributed by atoms with Gasteiger partial charge in [0.05, 0.1) is 23.1 Å². The molecule has 0 radical (unpaired) electrons. The zero-order valence-corrected chi connectivity index (χ0v) is 13.6. The molecular weight excluding hydrogens is 278 g/mol. The molecule has 0 aliphatic heterocycles. The third kappa shape index (κ3) is 3.19. The quantitative estimate of drug-likeness (QED) is 0.879. The molecule has 0 aromatic carbocycles. The van der Waals surface area contributed by atoms with E-state index in [1.807, 2.05) is 4.68 Å². The number of rotatable bonds is 5. The standard InChI is InChI=1S/C17H27N3O2/c1-12(2)20-15(13-6-7-13)14(10-19-20)16(21)18-11-17(22)8-4-3-5-9-17/h10,12-13,22H,3-9,11H2,1-2H3,(H,18,21). The highest BCUT2D eigenvalue weighted by atomic mass is 16.3. The van der Waals surface area contributed by atoms with Gasteiger partial charge in [-0.3, -0.25) is 9.48 Å². The van der Waals surface area contributed by atoms with Crippen molar-refractivity contribution in [2.75, 3.05) is 6.54 Å². The fourth-order valence-corrected chi connectivity index (χ4v) is 3.45. The van der Waals surface area contributed by atoms with Gasteiger partial charge in [0.1, 0.15) is 0 Å². The van der Waals surface area contributed by atoms with E-state index in [0.29, 0.717) is 18.0 Å². The molecule has 3 rings (SSSR count). The Labute approximate surface area is 132 Å². The summed E-state index contributed by atoms with van der Waals surface area (Å²) in [5.74, 6) is 0.385. The second-order valence-electron chi connectivity index (χ2n) is 7.22. The van der Waals surface area contributed by atoms with Crippen LogP contribution in [0.2, 0.25) is 0 Å². The molecule has 0 unspecified atom stereocenters. The Kier molecular flexibility index (Phi) is 4.26. The molecule has 2 fully saturated rings. The summed E-state index contributed by atoms with van der Waals surface area (Å²) >= 11 is 0. The van der Waals surface area contributed by atoms with Gasteiger partial charge in [-0.15, -0.1) is 0 Å². The second kappa shape index (κ2) is 6.03. The number of hydrogen-bond acceptors (Lipinski definition) is 3. The fraction of sp³-hybridized carbons (Fsp3) is 0.765. The molecule has 2 aliphatic carbocycles. The smallest absolute Gasteiger partial charge is 0.254 e. The van der Waals surface area contributed by atoms with Gasteiger partial charge in [-0.25, -0.2) is 0 Å². The minimum atomic E-state index is -0.721. The lowest BCUT2D eigenvalue weighted by Crippen LogP contribution is -2.44. The predicted molar refractivity (Wildman–Crippen MR) is 85.0 cm³/mol. The highest BCUT2D eigenvalue weighted by Gasteiger charge is 2.34. The van der Waals surface area contributed by atoms with Gasteiger partial charge in [-0.1, -0.05) is 19.3 Å². The van der Waals surface area contributed by atoms with Crippen molar-refractivity contribution in [1.82, 2.24) is 15.1 Å². The lowest BCUT2D eigenvalue weighted by molar-refractivity contribution is 0.00524. The third-order valence-electron chi connectivity index (χ3n) is 4.89. The van der Waals surface area contributed by atoms with Gasteiger partial charge in [-0.2, -0.15) is 5.10 Å². The molecule has 0 bridgehead atoms. The summed E-state index contributed by atoms with van der Waals surface area (Å²) in [6.45, 7) is 4.53.